The summed E-state index contributed by atoms with van der Waals surface area (Å²) in [6.45, 7) is 0.778. The van der Waals surface area contributed by atoms with E-state index in [2.05, 4.69) is 10.2 Å². The molecule has 5 heteroatoms. The quantitative estimate of drug-likeness (QED) is 0.802. The van der Waals surface area contributed by atoms with Crippen LogP contribution >= 0.6 is 0 Å². The van der Waals surface area contributed by atoms with Gasteiger partial charge in [0.05, 0.1) is 30.4 Å². The Morgan fingerprint density at radius 3 is 2.88 bits per heavy atom. The molecule has 1 saturated heterocycles. The zero-order valence-electron chi connectivity index (χ0n) is 13.5. The number of aromatic nitrogens is 2. The number of ether oxygens (including phenoxy) is 1. The van der Waals surface area contributed by atoms with Crippen molar-refractivity contribution in [2.24, 2.45) is 0 Å². The molecule has 0 saturated carbocycles. The molecule has 2 aromatic carbocycles. The number of nitrogens with one attached hydrogen (secondary N) is 1. The van der Waals surface area contributed by atoms with Crippen LogP contribution in [0.25, 0.3) is 10.9 Å². The Kier molecular flexibility index (Phi) is 3.69. The summed E-state index contributed by atoms with van der Waals surface area (Å²) in [4.78, 5) is 15.1. The van der Waals surface area contributed by atoms with E-state index in [9.17, 15) is 4.79 Å². The molecule has 0 bridgehead atoms. The first-order valence-electron chi connectivity index (χ1n) is 8.15. The van der Waals surface area contributed by atoms with Gasteiger partial charge >= 0.3 is 0 Å². The van der Waals surface area contributed by atoms with Crippen molar-refractivity contribution >= 4 is 16.8 Å². The first-order chi connectivity index (χ1) is 11.8. The maximum Gasteiger partial charge on any atom is 0.256 e. The molecule has 0 unspecified atom stereocenters. The van der Waals surface area contributed by atoms with E-state index >= 15 is 0 Å². The van der Waals surface area contributed by atoms with Crippen LogP contribution < -0.4 is 4.74 Å². The van der Waals surface area contributed by atoms with Crippen molar-refractivity contribution < 1.29 is 9.53 Å². The number of nitrogens with zero attached hydrogens (tertiary/aromatic N) is 2. The third-order valence-electron chi connectivity index (χ3n) is 4.72. The lowest BCUT2D eigenvalue weighted by Crippen LogP contribution is -2.30. The van der Waals surface area contributed by atoms with E-state index in [4.69, 9.17) is 4.74 Å². The molecule has 1 atom stereocenters. The zero-order chi connectivity index (χ0) is 16.5. The second-order valence-electron chi connectivity index (χ2n) is 6.07. The molecular weight excluding hydrogens is 302 g/mol. The summed E-state index contributed by atoms with van der Waals surface area (Å²) in [6, 6.07) is 13.8. The summed E-state index contributed by atoms with van der Waals surface area (Å²) in [5.41, 5.74) is 2.65. The van der Waals surface area contributed by atoms with Crippen LogP contribution in [0, 0.1) is 0 Å². The van der Waals surface area contributed by atoms with Gasteiger partial charge in [0.15, 0.2) is 0 Å². The summed E-state index contributed by atoms with van der Waals surface area (Å²) in [6.07, 6.45) is 3.75. The van der Waals surface area contributed by atoms with Crippen LogP contribution in [0.5, 0.6) is 5.75 Å². The third-order valence-corrected chi connectivity index (χ3v) is 4.72. The average molecular weight is 321 g/mol. The van der Waals surface area contributed by atoms with E-state index < -0.39 is 0 Å². The number of carbonyl (C=O) groups excluding carboxylic acids is 1. The summed E-state index contributed by atoms with van der Waals surface area (Å²) in [5, 5.41) is 7.97. The summed E-state index contributed by atoms with van der Waals surface area (Å²) >= 11 is 0. The molecule has 1 amide bonds. The number of amides is 1. The number of H-pyrrole nitrogens is 1. The lowest BCUT2D eigenvalue weighted by atomic mass is 10.0. The molecule has 122 valence electrons. The molecule has 2 heterocycles. The number of carbonyl (C=O) groups is 1. The van der Waals surface area contributed by atoms with Gasteiger partial charge in [-0.1, -0.05) is 24.3 Å². The normalized spacial score (nSPS) is 17.4. The van der Waals surface area contributed by atoms with Crippen molar-refractivity contribution in [1.82, 2.24) is 15.1 Å². The number of likely N-dealkylation sites (tertiary alicyclic amines) is 1. The van der Waals surface area contributed by atoms with Gasteiger partial charge in [-0.05, 0) is 36.6 Å². The van der Waals surface area contributed by atoms with Crippen LogP contribution in [0.2, 0.25) is 0 Å². The van der Waals surface area contributed by atoms with Crippen molar-refractivity contribution in [3.05, 3.63) is 59.8 Å². The Morgan fingerprint density at radius 2 is 2.08 bits per heavy atom. The molecule has 1 fully saturated rings. The number of fused-ring (bicyclic) bond motifs is 1. The van der Waals surface area contributed by atoms with Gasteiger partial charge in [0.1, 0.15) is 5.75 Å². The molecule has 4 rings (SSSR count). The SMILES string of the molecule is COc1ccc([C@@H]2CCCN2C(=O)c2cccc3cn[nH]c23)cc1. The fraction of sp³-hybridized carbons (Fsp3) is 0.263. The minimum Gasteiger partial charge on any atom is -0.497 e. The first-order valence-corrected chi connectivity index (χ1v) is 8.15. The molecule has 24 heavy (non-hydrogen) atoms. The summed E-state index contributed by atoms with van der Waals surface area (Å²) in [7, 11) is 1.66. The van der Waals surface area contributed by atoms with Crippen molar-refractivity contribution in [1.29, 1.82) is 0 Å². The monoisotopic (exact) mass is 321 g/mol. The molecule has 1 N–H and O–H groups in total. The number of aromatic amines is 1. The molecule has 3 aromatic rings. The maximum atomic E-state index is 13.1. The Bertz CT molecular complexity index is 870. The lowest BCUT2D eigenvalue weighted by Gasteiger charge is -2.25. The molecule has 1 aliphatic heterocycles. The van der Waals surface area contributed by atoms with Gasteiger partial charge in [-0.15, -0.1) is 0 Å². The number of hydrogen-bond donors (Lipinski definition) is 1. The summed E-state index contributed by atoms with van der Waals surface area (Å²) < 4.78 is 5.22. The Morgan fingerprint density at radius 1 is 1.25 bits per heavy atom. The molecular formula is C19H19N3O2. The topological polar surface area (TPSA) is 58.2 Å². The third kappa shape index (κ3) is 2.42. The van der Waals surface area contributed by atoms with Gasteiger partial charge in [-0.25, -0.2) is 0 Å². The molecule has 5 nitrogen and oxygen atoms in total. The van der Waals surface area contributed by atoms with Gasteiger partial charge in [0, 0.05) is 11.9 Å². The highest BCUT2D eigenvalue weighted by Gasteiger charge is 2.31. The van der Waals surface area contributed by atoms with Gasteiger partial charge in [0.2, 0.25) is 0 Å². The molecule has 1 aliphatic rings. The first kappa shape index (κ1) is 14.8. The van der Waals surface area contributed by atoms with Crippen LogP contribution in [-0.4, -0.2) is 34.7 Å². The fourth-order valence-corrected chi connectivity index (χ4v) is 3.48. The van der Waals surface area contributed by atoms with Gasteiger partial charge in [-0.3, -0.25) is 9.89 Å². The Balaban J connectivity index is 1.66. The Labute approximate surface area is 140 Å². The molecule has 0 spiro atoms. The highest BCUT2D eigenvalue weighted by atomic mass is 16.5. The van der Waals surface area contributed by atoms with E-state index in [0.29, 0.717) is 5.56 Å². The number of hydrogen-bond acceptors (Lipinski definition) is 3. The Hall–Kier alpha value is -2.82. The van der Waals surface area contributed by atoms with Crippen LogP contribution in [0.15, 0.2) is 48.7 Å². The standard InChI is InChI=1S/C19H19N3O2/c1-24-15-9-7-13(8-10-15)17-6-3-11-22(17)19(23)16-5-2-4-14-12-20-21-18(14)16/h2,4-5,7-10,12,17H,3,6,11H2,1H3,(H,20,21)/t17-/m0/s1. The second-order valence-corrected chi connectivity index (χ2v) is 6.07. The smallest absolute Gasteiger partial charge is 0.256 e. The van der Waals surface area contributed by atoms with Crippen molar-refractivity contribution in [3.63, 3.8) is 0 Å². The van der Waals surface area contributed by atoms with Crippen LogP contribution in [0.4, 0.5) is 0 Å². The number of benzene rings is 2. The number of rotatable bonds is 3. The zero-order valence-corrected chi connectivity index (χ0v) is 13.5. The van der Waals surface area contributed by atoms with E-state index in [0.717, 1.165) is 41.6 Å². The van der Waals surface area contributed by atoms with Crippen molar-refractivity contribution in [2.45, 2.75) is 18.9 Å². The molecule has 0 aliphatic carbocycles. The predicted octanol–water partition coefficient (Wildman–Crippen LogP) is 3.55. The highest BCUT2D eigenvalue weighted by molar-refractivity contribution is 6.05. The predicted molar refractivity (Wildman–Crippen MR) is 92.1 cm³/mol. The number of para-hydroxylation sites is 1. The largest absolute Gasteiger partial charge is 0.497 e. The van der Waals surface area contributed by atoms with Gasteiger partial charge in [-0.2, -0.15) is 5.10 Å². The van der Waals surface area contributed by atoms with E-state index in [1.54, 1.807) is 13.3 Å². The summed E-state index contributed by atoms with van der Waals surface area (Å²) in [5.74, 6) is 0.889. The minimum atomic E-state index is 0.0585. The highest BCUT2D eigenvalue weighted by Crippen LogP contribution is 2.34. The van der Waals surface area contributed by atoms with E-state index in [1.807, 2.05) is 47.4 Å². The average Bonchev–Trinajstić information content (AvgIpc) is 3.30. The number of methoxy groups -OCH3 is 1. The van der Waals surface area contributed by atoms with Crippen molar-refractivity contribution in [3.8, 4) is 5.75 Å². The van der Waals surface area contributed by atoms with Crippen LogP contribution in [0.3, 0.4) is 0 Å². The molecule has 0 radical (unpaired) electrons. The fourth-order valence-electron chi connectivity index (χ4n) is 3.48. The van der Waals surface area contributed by atoms with Gasteiger partial charge < -0.3 is 9.64 Å². The maximum absolute atomic E-state index is 13.1. The van der Waals surface area contributed by atoms with Crippen LogP contribution in [0.1, 0.15) is 34.8 Å². The minimum absolute atomic E-state index is 0.0585. The van der Waals surface area contributed by atoms with Crippen LogP contribution in [-0.2, 0) is 0 Å². The van der Waals surface area contributed by atoms with E-state index in [-0.39, 0.29) is 11.9 Å². The van der Waals surface area contributed by atoms with Gasteiger partial charge in [0.25, 0.3) is 5.91 Å². The van der Waals surface area contributed by atoms with Crippen molar-refractivity contribution in [2.75, 3.05) is 13.7 Å². The second kappa shape index (κ2) is 6.00. The van der Waals surface area contributed by atoms with E-state index in [1.165, 1.54) is 0 Å². The lowest BCUT2D eigenvalue weighted by molar-refractivity contribution is 0.0737. The molecule has 1 aromatic heterocycles.